The molecule has 4 heteroatoms. The van der Waals surface area contributed by atoms with E-state index in [9.17, 15) is 0 Å². The molecule has 0 aliphatic carbocycles. The monoisotopic (exact) mass is 638 g/mol. The topological polar surface area (TPSA) is 25.8 Å². The summed E-state index contributed by atoms with van der Waals surface area (Å²) in [7, 11) is -2.54. The van der Waals surface area contributed by atoms with Crippen LogP contribution in [0.3, 0.4) is 0 Å². The Labute approximate surface area is 211 Å². The van der Waals surface area contributed by atoms with Crippen LogP contribution >= 0.6 is 0 Å². The summed E-state index contributed by atoms with van der Waals surface area (Å²) in [5.41, 5.74) is 2.11. The summed E-state index contributed by atoms with van der Waals surface area (Å²) in [5, 5.41) is 5.45. The summed E-state index contributed by atoms with van der Waals surface area (Å²) in [5.74, 6) is 0.825. The van der Waals surface area contributed by atoms with Gasteiger partial charge in [-0.15, -0.1) is 0 Å². The second-order valence-electron chi connectivity index (χ2n) is 8.19. The summed E-state index contributed by atoms with van der Waals surface area (Å²) in [6.45, 7) is 2.05. The first-order valence-corrected chi connectivity index (χ1v) is 15.3. The van der Waals surface area contributed by atoms with E-state index in [0.717, 1.165) is 20.5 Å². The van der Waals surface area contributed by atoms with E-state index in [1.165, 1.54) is 20.7 Å². The number of hydrogen-bond acceptors (Lipinski definition) is 2. The molecule has 0 N–H and O–H groups in total. The van der Waals surface area contributed by atoms with Crippen LogP contribution in [0.2, 0.25) is 0 Å². The van der Waals surface area contributed by atoms with E-state index >= 15 is 0 Å². The molecule has 33 heavy (non-hydrogen) atoms. The van der Waals surface area contributed by atoms with Gasteiger partial charge in [0, 0.05) is 0 Å². The molecular weight excluding hydrogens is 613 g/mol. The summed E-state index contributed by atoms with van der Waals surface area (Å²) < 4.78 is 1.15. The van der Waals surface area contributed by atoms with Crippen molar-refractivity contribution >= 4 is 56.9 Å². The zero-order valence-electron chi connectivity index (χ0n) is 18.5. The van der Waals surface area contributed by atoms with Crippen LogP contribution in [-0.2, 0) is 0 Å². The number of nitrogens with zero attached hydrogens (tertiary/aromatic N) is 2. The molecule has 0 atom stereocenters. The summed E-state index contributed by atoms with van der Waals surface area (Å²) in [6.07, 6.45) is 0. The Bertz CT molecular complexity index is 1260. The second kappa shape index (κ2) is 9.51. The summed E-state index contributed by atoms with van der Waals surface area (Å²) >= 11 is 0.685. The Balaban J connectivity index is 1.84. The van der Waals surface area contributed by atoms with Crippen molar-refractivity contribution in [3.63, 3.8) is 0 Å². The SMILES string of the molecule is Cc1c[c]([BiH2])nc(-c2cccc([Si](c3ccccc3)(c3ccccc3)c3ccccc3)c2)n1. The van der Waals surface area contributed by atoms with Crippen molar-refractivity contribution in [3.8, 4) is 11.4 Å². The molecule has 0 fully saturated rings. The van der Waals surface area contributed by atoms with Gasteiger partial charge in [-0.25, -0.2) is 0 Å². The van der Waals surface area contributed by atoms with Crippen LogP contribution in [0.15, 0.2) is 121 Å². The van der Waals surface area contributed by atoms with E-state index in [-0.39, 0.29) is 0 Å². The van der Waals surface area contributed by atoms with E-state index in [2.05, 4.69) is 128 Å². The van der Waals surface area contributed by atoms with Gasteiger partial charge in [-0.2, -0.15) is 0 Å². The minimum atomic E-state index is -2.54. The molecule has 160 valence electrons. The van der Waals surface area contributed by atoms with Gasteiger partial charge in [-0.05, 0) is 0 Å². The molecule has 5 aromatic rings. The summed E-state index contributed by atoms with van der Waals surface area (Å²) in [4.78, 5) is 9.60. The van der Waals surface area contributed by atoms with Crippen LogP contribution in [-0.4, -0.2) is 42.8 Å². The van der Waals surface area contributed by atoms with Gasteiger partial charge in [-0.3, -0.25) is 0 Å². The third kappa shape index (κ3) is 4.21. The van der Waals surface area contributed by atoms with Crippen molar-refractivity contribution in [2.24, 2.45) is 0 Å². The summed E-state index contributed by atoms with van der Waals surface area (Å²) in [6, 6.07) is 44.0. The third-order valence-corrected chi connectivity index (χ3v) is 12.0. The molecule has 0 spiro atoms. The van der Waals surface area contributed by atoms with Gasteiger partial charge in [-0.1, -0.05) is 0 Å². The van der Waals surface area contributed by atoms with Crippen LogP contribution < -0.4 is 24.1 Å². The molecule has 4 aromatic carbocycles. The molecule has 0 aliphatic heterocycles. The van der Waals surface area contributed by atoms with Crippen LogP contribution in [0.1, 0.15) is 5.69 Å². The van der Waals surface area contributed by atoms with Crippen LogP contribution in [0.5, 0.6) is 0 Å². The first-order valence-electron chi connectivity index (χ1n) is 11.1. The predicted octanol–water partition coefficient (Wildman–Crippen LogP) is 2.09. The third-order valence-electron chi connectivity index (χ3n) is 6.05. The maximum absolute atomic E-state index is 4.82. The fourth-order valence-electron chi connectivity index (χ4n) is 4.68. The average molecular weight is 639 g/mol. The number of rotatable bonds is 5. The van der Waals surface area contributed by atoms with E-state index in [1.54, 1.807) is 0 Å². The zero-order valence-corrected chi connectivity index (χ0v) is 24.0. The molecule has 1 heterocycles. The second-order valence-corrected chi connectivity index (χ2v) is 14.3. The standard InChI is InChI=1S/C29H23N2Si.Bi.2H/c1-23-20-21-30-29(31-23)24-12-11-19-28(22-24)32(25-13-5-2-6-14-25,26-15-7-3-8-16-26)27-17-9-4-10-18-27;;;/h2-20,22H,1H3;;;. The van der Waals surface area contributed by atoms with Gasteiger partial charge in [0.15, 0.2) is 0 Å². The van der Waals surface area contributed by atoms with Gasteiger partial charge < -0.3 is 0 Å². The minimum absolute atomic E-state index is 0.685. The van der Waals surface area contributed by atoms with Gasteiger partial charge >= 0.3 is 212 Å². The number of benzene rings is 4. The molecule has 5 rings (SSSR count). The Kier molecular flexibility index (Phi) is 6.30. The molecule has 0 radical (unpaired) electrons. The number of aryl methyl sites for hydroxylation is 1. The Morgan fingerprint density at radius 3 is 1.52 bits per heavy atom. The molecule has 0 saturated carbocycles. The van der Waals surface area contributed by atoms with Crippen molar-refractivity contribution in [1.29, 1.82) is 0 Å². The number of hydrogen-bond donors (Lipinski definition) is 0. The van der Waals surface area contributed by atoms with Crippen LogP contribution in [0, 0.1) is 6.92 Å². The zero-order chi connectivity index (χ0) is 22.7. The molecule has 0 unspecified atom stereocenters. The Morgan fingerprint density at radius 2 is 1.03 bits per heavy atom. The first-order chi connectivity index (χ1) is 16.2. The molecular formula is C29H25BiN2Si. The van der Waals surface area contributed by atoms with Crippen molar-refractivity contribution < 1.29 is 0 Å². The number of aromatic nitrogens is 2. The molecule has 1 aromatic heterocycles. The van der Waals surface area contributed by atoms with E-state index < -0.39 is 8.07 Å². The molecule has 0 aliphatic rings. The van der Waals surface area contributed by atoms with Gasteiger partial charge in [0.1, 0.15) is 0 Å². The Hall–Kier alpha value is -2.94. The van der Waals surface area contributed by atoms with Gasteiger partial charge in [0.25, 0.3) is 0 Å². The van der Waals surface area contributed by atoms with E-state index in [0.29, 0.717) is 24.7 Å². The van der Waals surface area contributed by atoms with Crippen molar-refractivity contribution in [2.75, 3.05) is 0 Å². The quantitative estimate of drug-likeness (QED) is 0.218. The first kappa shape index (κ1) is 21.9. The van der Waals surface area contributed by atoms with Crippen molar-refractivity contribution in [2.45, 2.75) is 6.92 Å². The average Bonchev–Trinajstić information content (AvgIpc) is 2.86. The predicted molar refractivity (Wildman–Crippen MR) is 144 cm³/mol. The fourth-order valence-corrected chi connectivity index (χ4v) is 10.9. The van der Waals surface area contributed by atoms with Gasteiger partial charge in [0.05, 0.1) is 0 Å². The molecule has 0 saturated heterocycles. The van der Waals surface area contributed by atoms with E-state index in [4.69, 9.17) is 9.97 Å². The molecule has 0 bridgehead atoms. The molecule has 0 amide bonds. The van der Waals surface area contributed by atoms with Crippen LogP contribution in [0.4, 0.5) is 0 Å². The maximum atomic E-state index is 4.82. The van der Waals surface area contributed by atoms with Crippen LogP contribution in [0.25, 0.3) is 11.4 Å². The molecule has 2 nitrogen and oxygen atoms in total. The van der Waals surface area contributed by atoms with Gasteiger partial charge in [0.2, 0.25) is 0 Å². The van der Waals surface area contributed by atoms with E-state index in [1.807, 2.05) is 0 Å². The normalized spacial score (nSPS) is 11.3. The van der Waals surface area contributed by atoms with Crippen molar-refractivity contribution in [1.82, 2.24) is 9.97 Å². The van der Waals surface area contributed by atoms with Crippen molar-refractivity contribution in [3.05, 3.63) is 127 Å². The fraction of sp³-hybridized carbons (Fsp3) is 0.0345. The Morgan fingerprint density at radius 1 is 0.545 bits per heavy atom.